The van der Waals surface area contributed by atoms with Gasteiger partial charge in [-0.1, -0.05) is 55.5 Å². The van der Waals surface area contributed by atoms with Gasteiger partial charge in [-0.3, -0.25) is 4.79 Å². The van der Waals surface area contributed by atoms with E-state index in [0.29, 0.717) is 0 Å². The van der Waals surface area contributed by atoms with Crippen LogP contribution in [0.2, 0.25) is 0 Å². The molecular formula is C20H16O. The number of carbonyl (C=O) groups is 1. The first-order valence-electron chi connectivity index (χ1n) is 7.39. The minimum Gasteiger partial charge on any atom is -0.294 e. The fourth-order valence-electron chi connectivity index (χ4n) is 3.22. The fourth-order valence-corrected chi connectivity index (χ4v) is 3.22. The molecule has 0 spiro atoms. The van der Waals surface area contributed by atoms with Crippen molar-refractivity contribution in [2.75, 3.05) is 0 Å². The second-order valence-electron chi connectivity index (χ2n) is 5.90. The molecule has 0 N–H and O–H groups in total. The van der Waals surface area contributed by atoms with Crippen molar-refractivity contribution in [2.45, 2.75) is 13.3 Å². The molecule has 3 aromatic rings. The molecule has 1 unspecified atom stereocenters. The van der Waals surface area contributed by atoms with Crippen molar-refractivity contribution in [3.63, 3.8) is 0 Å². The van der Waals surface area contributed by atoms with E-state index >= 15 is 0 Å². The first-order valence-corrected chi connectivity index (χ1v) is 7.39. The summed E-state index contributed by atoms with van der Waals surface area (Å²) in [4.78, 5) is 12.2. The van der Waals surface area contributed by atoms with Crippen molar-refractivity contribution in [3.05, 3.63) is 71.8 Å². The van der Waals surface area contributed by atoms with Crippen LogP contribution in [0.3, 0.4) is 0 Å². The number of rotatable bonds is 1. The first-order chi connectivity index (χ1) is 10.2. The van der Waals surface area contributed by atoms with Crippen LogP contribution in [-0.2, 0) is 6.42 Å². The van der Waals surface area contributed by atoms with Crippen molar-refractivity contribution in [1.29, 1.82) is 0 Å². The van der Waals surface area contributed by atoms with Gasteiger partial charge in [-0.25, -0.2) is 0 Å². The number of hydrogen-bond acceptors (Lipinski definition) is 1. The number of benzene rings is 3. The van der Waals surface area contributed by atoms with E-state index in [4.69, 9.17) is 0 Å². The van der Waals surface area contributed by atoms with Gasteiger partial charge in [0.25, 0.3) is 0 Å². The Morgan fingerprint density at radius 1 is 0.857 bits per heavy atom. The lowest BCUT2D eigenvalue weighted by Gasteiger charge is -2.06. The topological polar surface area (TPSA) is 17.1 Å². The monoisotopic (exact) mass is 272 g/mol. The molecule has 0 aliphatic heterocycles. The summed E-state index contributed by atoms with van der Waals surface area (Å²) in [7, 11) is 0. The van der Waals surface area contributed by atoms with E-state index in [2.05, 4.69) is 60.7 Å². The molecule has 4 rings (SSSR count). The van der Waals surface area contributed by atoms with E-state index < -0.39 is 0 Å². The molecule has 1 atom stereocenters. The second-order valence-corrected chi connectivity index (χ2v) is 5.90. The molecule has 0 saturated carbocycles. The summed E-state index contributed by atoms with van der Waals surface area (Å²) in [6.45, 7) is 2.01. The van der Waals surface area contributed by atoms with E-state index in [-0.39, 0.29) is 11.7 Å². The maximum atomic E-state index is 12.2. The maximum Gasteiger partial charge on any atom is 0.166 e. The van der Waals surface area contributed by atoms with Gasteiger partial charge in [-0.05, 0) is 46.0 Å². The highest BCUT2D eigenvalue weighted by molar-refractivity contribution is 6.03. The number of ketones is 1. The van der Waals surface area contributed by atoms with E-state index in [1.54, 1.807) is 0 Å². The number of hydrogen-bond donors (Lipinski definition) is 0. The SMILES string of the molecule is CC1Cc2ccc(-c3ccc4ccccc4c3)cc2C1=O. The third kappa shape index (κ3) is 1.97. The average molecular weight is 272 g/mol. The Labute approximate surface area is 124 Å². The fraction of sp³-hybridized carbons (Fsp3) is 0.150. The summed E-state index contributed by atoms with van der Waals surface area (Å²) >= 11 is 0. The Morgan fingerprint density at radius 3 is 2.43 bits per heavy atom. The molecule has 0 saturated heterocycles. The lowest BCUT2D eigenvalue weighted by molar-refractivity contribution is 0.0946. The van der Waals surface area contributed by atoms with Crippen molar-refractivity contribution in [1.82, 2.24) is 0 Å². The largest absolute Gasteiger partial charge is 0.294 e. The van der Waals surface area contributed by atoms with Crippen LogP contribution in [0, 0.1) is 5.92 Å². The molecule has 0 heterocycles. The third-order valence-electron chi connectivity index (χ3n) is 4.43. The Balaban J connectivity index is 1.84. The van der Waals surface area contributed by atoms with Gasteiger partial charge in [0.2, 0.25) is 0 Å². The second kappa shape index (κ2) is 4.56. The Bertz CT molecular complexity index is 861. The molecule has 1 nitrogen and oxygen atoms in total. The molecule has 3 aromatic carbocycles. The highest BCUT2D eigenvalue weighted by atomic mass is 16.1. The van der Waals surface area contributed by atoms with Crippen LogP contribution >= 0.6 is 0 Å². The molecule has 0 bridgehead atoms. The predicted molar refractivity (Wildman–Crippen MR) is 86.6 cm³/mol. The molecule has 0 aromatic heterocycles. The lowest BCUT2D eigenvalue weighted by Crippen LogP contribution is -2.02. The average Bonchev–Trinajstić information content (AvgIpc) is 2.81. The molecule has 0 radical (unpaired) electrons. The molecule has 0 amide bonds. The smallest absolute Gasteiger partial charge is 0.166 e. The summed E-state index contributed by atoms with van der Waals surface area (Å²) in [5.74, 6) is 0.416. The third-order valence-corrected chi connectivity index (χ3v) is 4.43. The molecule has 1 aliphatic carbocycles. The summed E-state index contributed by atoms with van der Waals surface area (Å²) in [5.41, 5.74) is 4.40. The van der Waals surface area contributed by atoms with E-state index in [1.165, 1.54) is 21.9 Å². The predicted octanol–water partition coefficient (Wildman–Crippen LogP) is 4.88. The molecule has 1 heteroatoms. The minimum atomic E-state index is 0.131. The van der Waals surface area contributed by atoms with Gasteiger partial charge < -0.3 is 0 Å². The van der Waals surface area contributed by atoms with Crippen LogP contribution < -0.4 is 0 Å². The van der Waals surface area contributed by atoms with Crippen LogP contribution in [0.25, 0.3) is 21.9 Å². The first kappa shape index (κ1) is 12.3. The zero-order chi connectivity index (χ0) is 14.4. The normalized spacial score (nSPS) is 17.2. The van der Waals surface area contributed by atoms with E-state index in [9.17, 15) is 4.79 Å². The minimum absolute atomic E-state index is 0.131. The van der Waals surface area contributed by atoms with Gasteiger partial charge in [0.1, 0.15) is 0 Å². The van der Waals surface area contributed by atoms with Crippen molar-refractivity contribution in [3.8, 4) is 11.1 Å². The standard InChI is InChI=1S/C20H16O/c1-13-10-18-9-8-17(12-19(18)20(13)21)16-7-6-14-4-2-3-5-15(14)11-16/h2-9,11-13H,10H2,1H3. The Morgan fingerprint density at radius 2 is 1.57 bits per heavy atom. The van der Waals surface area contributed by atoms with Gasteiger partial charge in [0.05, 0.1) is 0 Å². The summed E-state index contributed by atoms with van der Waals surface area (Å²) in [5, 5.41) is 2.47. The van der Waals surface area contributed by atoms with Gasteiger partial charge in [-0.15, -0.1) is 0 Å². The molecule has 0 fully saturated rings. The van der Waals surface area contributed by atoms with Gasteiger partial charge in [0, 0.05) is 11.5 Å². The van der Waals surface area contributed by atoms with Gasteiger partial charge in [-0.2, -0.15) is 0 Å². The highest BCUT2D eigenvalue weighted by Gasteiger charge is 2.26. The molecular weight excluding hydrogens is 256 g/mol. The molecule has 21 heavy (non-hydrogen) atoms. The summed E-state index contributed by atoms with van der Waals surface area (Å²) < 4.78 is 0. The molecule has 102 valence electrons. The van der Waals surface area contributed by atoms with Crippen molar-refractivity contribution < 1.29 is 4.79 Å². The Kier molecular flexibility index (Phi) is 2.68. The molecule has 1 aliphatic rings. The quantitative estimate of drug-likeness (QED) is 0.617. The number of carbonyl (C=O) groups excluding carboxylic acids is 1. The highest BCUT2D eigenvalue weighted by Crippen LogP contribution is 2.31. The Hall–Kier alpha value is -2.41. The number of Topliss-reactive ketones (excluding diaryl/α,β-unsaturated/α-hetero) is 1. The van der Waals surface area contributed by atoms with Crippen LogP contribution in [-0.4, -0.2) is 5.78 Å². The van der Waals surface area contributed by atoms with Crippen LogP contribution in [0.5, 0.6) is 0 Å². The van der Waals surface area contributed by atoms with E-state index in [1.807, 2.05) is 6.92 Å². The van der Waals surface area contributed by atoms with Crippen LogP contribution in [0.1, 0.15) is 22.8 Å². The summed E-state index contributed by atoms with van der Waals surface area (Å²) in [6, 6.07) is 21.1. The maximum absolute atomic E-state index is 12.2. The zero-order valence-electron chi connectivity index (χ0n) is 12.0. The van der Waals surface area contributed by atoms with Crippen molar-refractivity contribution in [2.24, 2.45) is 5.92 Å². The van der Waals surface area contributed by atoms with Gasteiger partial charge in [0.15, 0.2) is 5.78 Å². The summed E-state index contributed by atoms with van der Waals surface area (Å²) in [6.07, 6.45) is 0.881. The van der Waals surface area contributed by atoms with Crippen LogP contribution in [0.15, 0.2) is 60.7 Å². The number of fused-ring (bicyclic) bond motifs is 2. The van der Waals surface area contributed by atoms with E-state index in [0.717, 1.165) is 17.5 Å². The van der Waals surface area contributed by atoms with Crippen LogP contribution in [0.4, 0.5) is 0 Å². The lowest BCUT2D eigenvalue weighted by atomic mass is 9.98. The van der Waals surface area contributed by atoms with Crippen molar-refractivity contribution >= 4 is 16.6 Å². The zero-order valence-corrected chi connectivity index (χ0v) is 12.0. The van der Waals surface area contributed by atoms with Gasteiger partial charge >= 0.3 is 0 Å².